The first-order valence-electron chi connectivity index (χ1n) is 5.65. The number of amides is 1. The summed E-state index contributed by atoms with van der Waals surface area (Å²) in [6, 6.07) is 6.39. The van der Waals surface area contributed by atoms with E-state index in [2.05, 4.69) is 20.7 Å². The molecular formula is C12H12N4O3. The molecule has 2 N–H and O–H groups in total. The zero-order chi connectivity index (χ0) is 13.7. The van der Waals surface area contributed by atoms with Gasteiger partial charge in [0.15, 0.2) is 5.69 Å². The Bertz CT molecular complexity index is 563. The van der Waals surface area contributed by atoms with Crippen molar-refractivity contribution >= 4 is 17.6 Å². The third-order valence-electron chi connectivity index (χ3n) is 2.30. The van der Waals surface area contributed by atoms with Crippen molar-refractivity contribution in [2.75, 3.05) is 11.9 Å². The molecular weight excluding hydrogens is 248 g/mol. The minimum atomic E-state index is -0.392. The van der Waals surface area contributed by atoms with E-state index in [9.17, 15) is 9.59 Å². The van der Waals surface area contributed by atoms with Gasteiger partial charge in [-0.2, -0.15) is 15.4 Å². The Balaban J connectivity index is 2.03. The zero-order valence-corrected chi connectivity index (χ0v) is 10.2. The Hall–Kier alpha value is -2.70. The van der Waals surface area contributed by atoms with Crippen LogP contribution < -0.4 is 5.32 Å². The molecule has 1 aromatic heterocycles. The fraction of sp³-hybridized carbons (Fsp3) is 0.167. The second kappa shape index (κ2) is 5.76. The number of esters is 1. The summed E-state index contributed by atoms with van der Waals surface area (Å²) in [6.45, 7) is 2.06. The molecule has 0 aliphatic rings. The van der Waals surface area contributed by atoms with Crippen molar-refractivity contribution in [2.24, 2.45) is 0 Å². The van der Waals surface area contributed by atoms with Gasteiger partial charge in [-0.1, -0.05) is 0 Å². The van der Waals surface area contributed by atoms with Crippen LogP contribution in [0.3, 0.4) is 0 Å². The van der Waals surface area contributed by atoms with Gasteiger partial charge < -0.3 is 10.1 Å². The number of ether oxygens (including phenoxy) is 1. The fourth-order valence-corrected chi connectivity index (χ4v) is 1.41. The van der Waals surface area contributed by atoms with Crippen LogP contribution >= 0.6 is 0 Å². The summed E-state index contributed by atoms with van der Waals surface area (Å²) in [5, 5.41) is 12.2. The van der Waals surface area contributed by atoms with Crippen LogP contribution in [-0.2, 0) is 4.74 Å². The van der Waals surface area contributed by atoms with Gasteiger partial charge in [0.05, 0.1) is 18.4 Å². The summed E-state index contributed by atoms with van der Waals surface area (Å²) < 4.78 is 4.86. The molecule has 0 fully saturated rings. The van der Waals surface area contributed by atoms with Crippen LogP contribution in [0.5, 0.6) is 0 Å². The van der Waals surface area contributed by atoms with Crippen LogP contribution in [0.4, 0.5) is 5.69 Å². The van der Waals surface area contributed by atoms with Crippen LogP contribution in [0.1, 0.15) is 27.8 Å². The average Bonchev–Trinajstić information content (AvgIpc) is 2.94. The van der Waals surface area contributed by atoms with Crippen molar-refractivity contribution in [1.29, 1.82) is 0 Å². The van der Waals surface area contributed by atoms with Gasteiger partial charge in [-0.15, -0.1) is 0 Å². The first-order valence-corrected chi connectivity index (χ1v) is 5.65. The zero-order valence-electron chi connectivity index (χ0n) is 10.2. The van der Waals surface area contributed by atoms with Gasteiger partial charge in [-0.05, 0) is 31.2 Å². The molecule has 0 bridgehead atoms. The van der Waals surface area contributed by atoms with E-state index in [1.807, 2.05) is 0 Å². The lowest BCUT2D eigenvalue weighted by Crippen LogP contribution is -2.12. The number of benzene rings is 1. The molecule has 1 aromatic carbocycles. The lowest BCUT2D eigenvalue weighted by Gasteiger charge is -2.04. The van der Waals surface area contributed by atoms with Crippen LogP contribution in [0.15, 0.2) is 30.5 Å². The number of H-pyrrole nitrogens is 1. The Morgan fingerprint density at radius 3 is 2.63 bits per heavy atom. The number of aromatic amines is 1. The fourth-order valence-electron chi connectivity index (χ4n) is 1.41. The maximum absolute atomic E-state index is 11.7. The average molecular weight is 260 g/mol. The van der Waals surface area contributed by atoms with Crippen LogP contribution in [0, 0.1) is 0 Å². The highest BCUT2D eigenvalue weighted by Crippen LogP contribution is 2.11. The van der Waals surface area contributed by atoms with Crippen LogP contribution in [-0.4, -0.2) is 33.9 Å². The van der Waals surface area contributed by atoms with Crippen LogP contribution in [0.2, 0.25) is 0 Å². The normalized spacial score (nSPS) is 9.95. The van der Waals surface area contributed by atoms with Gasteiger partial charge in [-0.3, -0.25) is 4.79 Å². The van der Waals surface area contributed by atoms with E-state index in [0.29, 0.717) is 17.9 Å². The molecule has 1 amide bonds. The minimum Gasteiger partial charge on any atom is -0.462 e. The summed E-state index contributed by atoms with van der Waals surface area (Å²) in [6.07, 6.45) is 1.32. The number of nitrogens with one attached hydrogen (secondary N) is 2. The monoisotopic (exact) mass is 260 g/mol. The topological polar surface area (TPSA) is 97.0 Å². The summed E-state index contributed by atoms with van der Waals surface area (Å²) in [5.41, 5.74) is 1.18. The molecule has 1 heterocycles. The molecule has 2 rings (SSSR count). The Kier molecular flexibility index (Phi) is 3.87. The summed E-state index contributed by atoms with van der Waals surface area (Å²) >= 11 is 0. The highest BCUT2D eigenvalue weighted by molar-refractivity contribution is 6.02. The first kappa shape index (κ1) is 12.7. The standard InChI is InChI=1S/C12H12N4O3/c1-2-19-12(18)8-3-5-9(6-4-8)14-11(17)10-7-13-16-15-10/h3-7H,2H2,1H3,(H,14,17)(H,13,15,16). The van der Waals surface area contributed by atoms with E-state index in [4.69, 9.17) is 4.74 Å². The van der Waals surface area contributed by atoms with Gasteiger partial charge >= 0.3 is 5.97 Å². The lowest BCUT2D eigenvalue weighted by atomic mass is 10.2. The van der Waals surface area contributed by atoms with Crippen molar-refractivity contribution in [1.82, 2.24) is 15.4 Å². The molecule has 2 aromatic rings. The van der Waals surface area contributed by atoms with Crippen LogP contribution in [0.25, 0.3) is 0 Å². The predicted molar refractivity (Wildman–Crippen MR) is 66.7 cm³/mol. The highest BCUT2D eigenvalue weighted by atomic mass is 16.5. The lowest BCUT2D eigenvalue weighted by molar-refractivity contribution is 0.0526. The molecule has 0 atom stereocenters. The third-order valence-corrected chi connectivity index (χ3v) is 2.30. The number of carbonyl (C=O) groups excluding carboxylic acids is 2. The van der Waals surface area contributed by atoms with Crippen molar-refractivity contribution in [3.63, 3.8) is 0 Å². The maximum atomic E-state index is 11.7. The van der Waals surface area contributed by atoms with Gasteiger partial charge in [0.25, 0.3) is 5.91 Å². The van der Waals surface area contributed by atoms with E-state index in [1.54, 1.807) is 31.2 Å². The van der Waals surface area contributed by atoms with Crippen molar-refractivity contribution in [2.45, 2.75) is 6.92 Å². The van der Waals surface area contributed by atoms with Gasteiger partial charge in [0.1, 0.15) is 0 Å². The second-order valence-electron chi connectivity index (χ2n) is 3.61. The Morgan fingerprint density at radius 2 is 2.05 bits per heavy atom. The molecule has 0 radical (unpaired) electrons. The molecule has 0 saturated carbocycles. The second-order valence-corrected chi connectivity index (χ2v) is 3.61. The number of nitrogens with zero attached hydrogens (tertiary/aromatic N) is 2. The Labute approximate surface area is 109 Å². The molecule has 19 heavy (non-hydrogen) atoms. The molecule has 0 unspecified atom stereocenters. The number of aromatic nitrogens is 3. The number of carbonyl (C=O) groups is 2. The minimum absolute atomic E-state index is 0.189. The summed E-state index contributed by atoms with van der Waals surface area (Å²) in [5.74, 6) is -0.769. The SMILES string of the molecule is CCOC(=O)c1ccc(NC(=O)c2cn[nH]n2)cc1. The summed E-state index contributed by atoms with van der Waals surface area (Å²) in [4.78, 5) is 23.1. The van der Waals surface area contributed by atoms with Gasteiger partial charge in [0, 0.05) is 5.69 Å². The van der Waals surface area contributed by atoms with Gasteiger partial charge in [0.2, 0.25) is 0 Å². The number of rotatable bonds is 4. The van der Waals surface area contributed by atoms with E-state index in [0.717, 1.165) is 0 Å². The maximum Gasteiger partial charge on any atom is 0.338 e. The summed E-state index contributed by atoms with van der Waals surface area (Å²) in [7, 11) is 0. The molecule has 7 heteroatoms. The Morgan fingerprint density at radius 1 is 1.32 bits per heavy atom. The number of hydrogen-bond donors (Lipinski definition) is 2. The van der Waals surface area contributed by atoms with Crippen molar-refractivity contribution in [3.8, 4) is 0 Å². The predicted octanol–water partition coefficient (Wildman–Crippen LogP) is 1.23. The molecule has 0 aliphatic carbocycles. The smallest absolute Gasteiger partial charge is 0.338 e. The van der Waals surface area contributed by atoms with Crippen molar-refractivity contribution < 1.29 is 14.3 Å². The molecule has 98 valence electrons. The largest absolute Gasteiger partial charge is 0.462 e. The third kappa shape index (κ3) is 3.15. The van der Waals surface area contributed by atoms with Crippen molar-refractivity contribution in [3.05, 3.63) is 41.7 Å². The van der Waals surface area contributed by atoms with E-state index in [1.165, 1.54) is 6.20 Å². The van der Waals surface area contributed by atoms with E-state index >= 15 is 0 Å². The number of hydrogen-bond acceptors (Lipinski definition) is 5. The van der Waals surface area contributed by atoms with E-state index in [-0.39, 0.29) is 11.6 Å². The quantitative estimate of drug-likeness (QED) is 0.806. The molecule has 0 saturated heterocycles. The highest BCUT2D eigenvalue weighted by Gasteiger charge is 2.10. The number of anilines is 1. The molecule has 7 nitrogen and oxygen atoms in total. The van der Waals surface area contributed by atoms with Gasteiger partial charge in [-0.25, -0.2) is 4.79 Å². The first-order chi connectivity index (χ1) is 9.20. The van der Waals surface area contributed by atoms with E-state index < -0.39 is 5.97 Å². The molecule has 0 spiro atoms. The molecule has 0 aliphatic heterocycles.